The van der Waals surface area contributed by atoms with Crippen molar-refractivity contribution in [3.05, 3.63) is 82.4 Å². The molecular weight excluding hydrogens is 631 g/mol. The third-order valence-corrected chi connectivity index (χ3v) is 9.58. The molecule has 2 aromatic rings. The van der Waals surface area contributed by atoms with Gasteiger partial charge in [0.05, 0.1) is 0 Å². The summed E-state index contributed by atoms with van der Waals surface area (Å²) in [6, 6.07) is 23.2. The van der Waals surface area contributed by atoms with E-state index in [0.717, 1.165) is 11.7 Å². The van der Waals surface area contributed by atoms with E-state index in [2.05, 4.69) is 60.7 Å². The molecule has 0 amide bonds. The Hall–Kier alpha value is -1.33. The van der Waals surface area contributed by atoms with Gasteiger partial charge >= 0.3 is 35.6 Å². The Kier molecular flexibility index (Phi) is 18.1. The summed E-state index contributed by atoms with van der Waals surface area (Å²) in [5.74, 6) is 2.05. The summed E-state index contributed by atoms with van der Waals surface area (Å²) in [7, 11) is 9.78. The maximum atomic E-state index is 5.05. The zero-order chi connectivity index (χ0) is 31.4. The Morgan fingerprint density at radius 1 is 0.467 bits per heavy atom. The van der Waals surface area contributed by atoms with Crippen molar-refractivity contribution in [1.29, 1.82) is 0 Å². The number of aliphatic imine (C=N–C) groups is 2. The van der Waals surface area contributed by atoms with Crippen LogP contribution in [0.2, 0.25) is 0 Å². The van der Waals surface area contributed by atoms with E-state index in [1.165, 1.54) is 140 Å². The van der Waals surface area contributed by atoms with Crippen molar-refractivity contribution in [2.24, 2.45) is 9.98 Å². The predicted octanol–water partition coefficient (Wildman–Crippen LogP) is 12.3. The monoisotopic (exact) mass is 684 g/mol. The number of hydrogen-bond acceptors (Lipinski definition) is 2. The minimum absolute atomic E-state index is 0.501. The molecule has 2 aromatic carbocycles. The van der Waals surface area contributed by atoms with Gasteiger partial charge in [0.2, 0.25) is 0 Å². The molecule has 0 unspecified atom stereocenters. The zero-order valence-corrected chi connectivity index (χ0v) is 30.3. The zero-order valence-electron chi connectivity index (χ0n) is 27.3. The van der Waals surface area contributed by atoms with E-state index in [-0.39, 0.29) is 0 Å². The van der Waals surface area contributed by atoms with Crippen LogP contribution in [0.3, 0.4) is 0 Å². The molecule has 0 N–H and O–H groups in total. The summed E-state index contributed by atoms with van der Waals surface area (Å²) in [6.07, 6.45) is 26.2. The summed E-state index contributed by atoms with van der Waals surface area (Å²) in [6.45, 7) is 0. The number of hydrogen-bond donors (Lipinski definition) is 0. The molecule has 4 saturated carbocycles. The van der Waals surface area contributed by atoms with Crippen molar-refractivity contribution in [3.8, 4) is 0 Å². The van der Waals surface area contributed by atoms with Gasteiger partial charge in [0, 0.05) is 0 Å². The van der Waals surface area contributed by atoms with Crippen LogP contribution in [0.5, 0.6) is 0 Å². The Balaban J connectivity index is 0.000000189. The summed E-state index contributed by atoms with van der Waals surface area (Å²) >= 11 is -0.556. The Labute approximate surface area is 290 Å². The number of benzene rings is 2. The van der Waals surface area contributed by atoms with Crippen LogP contribution in [0.4, 0.5) is 0 Å². The van der Waals surface area contributed by atoms with Gasteiger partial charge in [-0.15, -0.1) is 0 Å². The molecule has 7 heteroatoms. The summed E-state index contributed by atoms with van der Waals surface area (Å²) in [5.41, 5.74) is 2.40. The first kappa shape index (κ1) is 36.5. The first-order valence-corrected chi connectivity index (χ1v) is 22.2. The van der Waals surface area contributed by atoms with Gasteiger partial charge in [0.15, 0.2) is 0 Å². The van der Waals surface area contributed by atoms with Crippen LogP contribution in [0.15, 0.2) is 70.6 Å². The molecule has 0 radical (unpaired) electrons. The van der Waals surface area contributed by atoms with Crippen LogP contribution in [0.25, 0.3) is 10.6 Å². The number of rotatable bonds is 6. The fraction of sp³-hybridized carbons (Fsp3) is 0.632. The molecule has 4 aliphatic rings. The van der Waals surface area contributed by atoms with Crippen molar-refractivity contribution in [2.75, 3.05) is 0 Å². The SMILES string of the molecule is [Cl][Ti][Cl].c1ccc(C(=NC2CCCCC2)[N-]C2CCCCC2)cc1.c1ccc(C(=NC2CCCCC2)[N-]C2CCCCC2)cc1. The molecule has 0 spiro atoms. The van der Waals surface area contributed by atoms with Crippen LogP contribution in [0, 0.1) is 0 Å². The molecule has 246 valence electrons. The smallest absolute Gasteiger partial charge is 0.0271 e. The van der Waals surface area contributed by atoms with E-state index >= 15 is 0 Å². The average molecular weight is 686 g/mol. The molecule has 45 heavy (non-hydrogen) atoms. The van der Waals surface area contributed by atoms with Gasteiger partial charge in [0.1, 0.15) is 0 Å². The first-order valence-electron chi connectivity index (χ1n) is 17.9. The standard InChI is InChI=1S/2C19H27N2.2ClH.Ti/c2*1-4-10-16(11-5-1)19(20-17-12-6-2-7-13-17)21-18-14-8-3-9-15-18;;;/h2*1,4-5,10-11,17-18H,2-3,6-9,12-15H2;2*1H;/q2*-1;;;+2/p-2. The van der Waals surface area contributed by atoms with E-state index in [4.69, 9.17) is 39.2 Å². The van der Waals surface area contributed by atoms with Gasteiger partial charge in [-0.05, 0) is 35.3 Å². The fourth-order valence-corrected chi connectivity index (χ4v) is 7.07. The number of amidine groups is 2. The van der Waals surface area contributed by atoms with Gasteiger partial charge in [0.25, 0.3) is 0 Å². The first-order chi connectivity index (χ1) is 22.2. The third-order valence-electron chi connectivity index (χ3n) is 9.58. The van der Waals surface area contributed by atoms with Crippen LogP contribution >= 0.6 is 18.6 Å². The summed E-state index contributed by atoms with van der Waals surface area (Å²) in [4.78, 5) is 10.1. The van der Waals surface area contributed by atoms with Crippen LogP contribution < -0.4 is 0 Å². The molecule has 0 heterocycles. The maximum Gasteiger partial charge on any atom is -0.0271 e. The van der Waals surface area contributed by atoms with Crippen molar-refractivity contribution in [3.63, 3.8) is 0 Å². The molecule has 4 fully saturated rings. The van der Waals surface area contributed by atoms with E-state index in [9.17, 15) is 0 Å². The second-order valence-corrected chi connectivity index (χ2v) is 15.7. The Bertz CT molecular complexity index is 1000. The molecule has 4 aliphatic carbocycles. The van der Waals surface area contributed by atoms with Gasteiger partial charge in [-0.1, -0.05) is 201 Å². The molecule has 6 rings (SSSR count). The van der Waals surface area contributed by atoms with Gasteiger partial charge in [-0.25, -0.2) is 0 Å². The number of halogens is 2. The minimum Gasteiger partial charge on any atom is -0.462 e. The van der Waals surface area contributed by atoms with Gasteiger partial charge in [-0.2, -0.15) is 0 Å². The van der Waals surface area contributed by atoms with E-state index in [1.54, 1.807) is 0 Å². The van der Waals surface area contributed by atoms with Gasteiger partial charge in [-0.3, -0.25) is 0 Å². The van der Waals surface area contributed by atoms with Gasteiger partial charge < -0.3 is 20.6 Å². The topological polar surface area (TPSA) is 52.9 Å². The summed E-state index contributed by atoms with van der Waals surface area (Å²) in [5, 5.41) is 10.1. The van der Waals surface area contributed by atoms with Crippen LogP contribution in [-0.4, -0.2) is 35.8 Å². The largest absolute Gasteiger partial charge is 0.462 e. The molecule has 0 bridgehead atoms. The average Bonchev–Trinajstić information content (AvgIpc) is 3.11. The quantitative estimate of drug-likeness (QED) is 0.165. The Morgan fingerprint density at radius 2 is 0.756 bits per heavy atom. The van der Waals surface area contributed by atoms with Crippen molar-refractivity contribution in [1.82, 2.24) is 0 Å². The fourth-order valence-electron chi connectivity index (χ4n) is 7.07. The second-order valence-electron chi connectivity index (χ2n) is 13.1. The van der Waals surface area contributed by atoms with Crippen molar-refractivity contribution < 1.29 is 17.0 Å². The molecule has 0 saturated heterocycles. The number of nitrogens with zero attached hydrogens (tertiary/aromatic N) is 4. The molecule has 0 aliphatic heterocycles. The Morgan fingerprint density at radius 3 is 1.07 bits per heavy atom. The van der Waals surface area contributed by atoms with E-state index < -0.39 is 17.0 Å². The van der Waals surface area contributed by atoms with Crippen LogP contribution in [-0.2, 0) is 17.0 Å². The third kappa shape index (κ3) is 14.1. The minimum atomic E-state index is -0.556. The predicted molar refractivity (Wildman–Crippen MR) is 192 cm³/mol. The maximum absolute atomic E-state index is 5.05. The molecule has 0 atom stereocenters. The van der Waals surface area contributed by atoms with Crippen LogP contribution in [0.1, 0.15) is 140 Å². The second kappa shape index (κ2) is 22.3. The molecular formula is C38H54Cl2N4Ti-2. The normalized spacial score (nSPS) is 21.0. The molecule has 0 aromatic heterocycles. The summed E-state index contributed by atoms with van der Waals surface area (Å²) < 4.78 is 0. The van der Waals surface area contributed by atoms with E-state index in [1.807, 2.05) is 0 Å². The molecule has 4 nitrogen and oxygen atoms in total. The van der Waals surface area contributed by atoms with Crippen molar-refractivity contribution >= 4 is 30.3 Å². The van der Waals surface area contributed by atoms with Crippen molar-refractivity contribution in [2.45, 2.75) is 153 Å². The van der Waals surface area contributed by atoms with E-state index in [0.29, 0.717) is 24.2 Å².